The van der Waals surface area contributed by atoms with Crippen molar-refractivity contribution in [2.45, 2.75) is 25.9 Å². The molecular formula is C23H25N5O3. The van der Waals surface area contributed by atoms with Crippen molar-refractivity contribution in [1.29, 1.82) is 0 Å². The lowest BCUT2D eigenvalue weighted by Crippen LogP contribution is -2.37. The minimum absolute atomic E-state index is 0.0468. The summed E-state index contributed by atoms with van der Waals surface area (Å²) < 4.78 is 5.22. The smallest absolute Gasteiger partial charge is 0.414 e. The number of nitrogens with two attached hydrogens (primary N) is 1. The van der Waals surface area contributed by atoms with Gasteiger partial charge in [-0.3, -0.25) is 14.8 Å². The molecule has 0 radical (unpaired) electrons. The van der Waals surface area contributed by atoms with Crippen LogP contribution in [0.25, 0.3) is 11.1 Å². The Kier molecular flexibility index (Phi) is 5.73. The van der Waals surface area contributed by atoms with Crippen LogP contribution in [0.3, 0.4) is 0 Å². The number of ether oxygens (including phenoxy) is 1. The quantitative estimate of drug-likeness (QED) is 0.564. The number of hydrogen-bond acceptors (Lipinski definition) is 5. The Balaban J connectivity index is 1.47. The Morgan fingerprint density at radius 2 is 2.00 bits per heavy atom. The molecule has 4 rings (SSSR count). The first-order valence-electron chi connectivity index (χ1n) is 10.2. The number of carbonyl (C=O) groups excluding carboxylic acids is 2. The van der Waals surface area contributed by atoms with Gasteiger partial charge < -0.3 is 15.8 Å². The van der Waals surface area contributed by atoms with Crippen LogP contribution in [0.2, 0.25) is 0 Å². The molecular weight excluding hydrogens is 394 g/mol. The van der Waals surface area contributed by atoms with Crippen molar-refractivity contribution in [2.24, 2.45) is 11.7 Å². The molecule has 2 amide bonds. The summed E-state index contributed by atoms with van der Waals surface area (Å²) in [4.78, 5) is 26.6. The molecule has 0 spiro atoms. The van der Waals surface area contributed by atoms with E-state index in [-0.39, 0.29) is 24.0 Å². The first-order valence-corrected chi connectivity index (χ1v) is 10.2. The van der Waals surface area contributed by atoms with Crippen molar-refractivity contribution < 1.29 is 14.3 Å². The van der Waals surface area contributed by atoms with Gasteiger partial charge in [0.05, 0.1) is 12.2 Å². The van der Waals surface area contributed by atoms with Gasteiger partial charge in [-0.1, -0.05) is 44.2 Å². The van der Waals surface area contributed by atoms with Gasteiger partial charge >= 0.3 is 6.09 Å². The minimum atomic E-state index is -0.831. The molecule has 2 atom stereocenters. The van der Waals surface area contributed by atoms with Crippen LogP contribution in [-0.4, -0.2) is 34.8 Å². The molecule has 1 fully saturated rings. The lowest BCUT2D eigenvalue weighted by Gasteiger charge is -2.24. The SMILES string of the molecule is CC(C)[C@@H]1COC(=O)N1c1cccc(NC(=O)C(N)c2ccc(-c3cn[nH]c3)cc2)c1. The fraction of sp³-hybridized carbons (Fsp3) is 0.261. The first-order chi connectivity index (χ1) is 14.9. The number of amides is 2. The van der Waals surface area contributed by atoms with E-state index in [2.05, 4.69) is 15.5 Å². The maximum absolute atomic E-state index is 12.7. The number of rotatable bonds is 6. The summed E-state index contributed by atoms with van der Waals surface area (Å²) in [6, 6.07) is 13.7. The number of carbonyl (C=O) groups is 2. The summed E-state index contributed by atoms with van der Waals surface area (Å²) >= 11 is 0. The largest absolute Gasteiger partial charge is 0.447 e. The van der Waals surface area contributed by atoms with Gasteiger partial charge in [0.2, 0.25) is 5.91 Å². The standard InChI is InChI=1S/C23H25N5O3/c1-14(2)20-13-31-23(30)28(20)19-5-3-4-18(10-19)27-22(29)21(24)16-8-6-15(7-9-16)17-11-25-26-12-17/h3-12,14,20-21H,13,24H2,1-2H3,(H,25,26)(H,27,29)/t20-,21?/m0/s1. The maximum atomic E-state index is 12.7. The van der Waals surface area contributed by atoms with Gasteiger partial charge in [0.15, 0.2) is 0 Å². The topological polar surface area (TPSA) is 113 Å². The van der Waals surface area contributed by atoms with Crippen molar-refractivity contribution >= 4 is 23.4 Å². The molecule has 0 aliphatic carbocycles. The molecule has 1 unspecified atom stereocenters. The monoisotopic (exact) mass is 419 g/mol. The second kappa shape index (κ2) is 8.61. The van der Waals surface area contributed by atoms with E-state index in [0.29, 0.717) is 23.5 Å². The Morgan fingerprint density at radius 1 is 1.23 bits per heavy atom. The molecule has 2 aromatic carbocycles. The normalized spacial score (nSPS) is 17.0. The van der Waals surface area contributed by atoms with E-state index in [9.17, 15) is 9.59 Å². The van der Waals surface area contributed by atoms with Crippen LogP contribution in [0, 0.1) is 5.92 Å². The Labute approximate surface area is 180 Å². The van der Waals surface area contributed by atoms with Gasteiger partial charge in [0, 0.05) is 23.1 Å². The number of anilines is 2. The predicted octanol–water partition coefficient (Wildman–Crippen LogP) is 3.70. The molecule has 4 N–H and O–H groups in total. The van der Waals surface area contributed by atoms with E-state index in [1.807, 2.05) is 44.2 Å². The van der Waals surface area contributed by atoms with E-state index in [1.54, 1.807) is 35.5 Å². The number of benzene rings is 2. The van der Waals surface area contributed by atoms with Crippen molar-refractivity contribution in [3.05, 3.63) is 66.5 Å². The predicted molar refractivity (Wildman–Crippen MR) is 118 cm³/mol. The van der Waals surface area contributed by atoms with E-state index < -0.39 is 6.04 Å². The molecule has 0 bridgehead atoms. The maximum Gasteiger partial charge on any atom is 0.414 e. The van der Waals surface area contributed by atoms with Crippen LogP contribution in [0.1, 0.15) is 25.5 Å². The molecule has 1 saturated heterocycles. The van der Waals surface area contributed by atoms with Crippen molar-refractivity contribution in [1.82, 2.24) is 10.2 Å². The van der Waals surface area contributed by atoms with Gasteiger partial charge in [-0.05, 0) is 35.2 Å². The number of aromatic amines is 1. The lowest BCUT2D eigenvalue weighted by molar-refractivity contribution is -0.117. The van der Waals surface area contributed by atoms with Crippen molar-refractivity contribution in [3.63, 3.8) is 0 Å². The Hall–Kier alpha value is -3.65. The third kappa shape index (κ3) is 4.29. The highest BCUT2D eigenvalue weighted by atomic mass is 16.6. The van der Waals surface area contributed by atoms with Crippen LogP contribution >= 0.6 is 0 Å². The van der Waals surface area contributed by atoms with Gasteiger partial charge in [-0.2, -0.15) is 5.10 Å². The zero-order chi connectivity index (χ0) is 22.0. The summed E-state index contributed by atoms with van der Waals surface area (Å²) in [6.07, 6.45) is 3.15. The van der Waals surface area contributed by atoms with E-state index in [1.165, 1.54) is 0 Å². The molecule has 2 heterocycles. The number of cyclic esters (lactones) is 1. The number of hydrogen-bond donors (Lipinski definition) is 3. The average Bonchev–Trinajstić information content (AvgIpc) is 3.43. The average molecular weight is 419 g/mol. The molecule has 1 aliphatic rings. The molecule has 1 aliphatic heterocycles. The highest BCUT2D eigenvalue weighted by Gasteiger charge is 2.36. The summed E-state index contributed by atoms with van der Waals surface area (Å²) in [5.74, 6) is -0.0965. The molecule has 31 heavy (non-hydrogen) atoms. The molecule has 160 valence electrons. The Morgan fingerprint density at radius 3 is 2.68 bits per heavy atom. The lowest BCUT2D eigenvalue weighted by atomic mass is 10.0. The zero-order valence-electron chi connectivity index (χ0n) is 17.4. The number of aromatic nitrogens is 2. The minimum Gasteiger partial charge on any atom is -0.447 e. The molecule has 8 nitrogen and oxygen atoms in total. The summed E-state index contributed by atoms with van der Waals surface area (Å²) in [5.41, 5.74) is 10.1. The fourth-order valence-corrected chi connectivity index (χ4v) is 3.62. The third-order valence-electron chi connectivity index (χ3n) is 5.45. The van der Waals surface area contributed by atoms with Crippen LogP contribution in [0.4, 0.5) is 16.2 Å². The molecule has 0 saturated carbocycles. The second-order valence-electron chi connectivity index (χ2n) is 7.88. The van der Waals surface area contributed by atoms with E-state index in [0.717, 1.165) is 11.1 Å². The van der Waals surface area contributed by atoms with Crippen LogP contribution in [0.15, 0.2) is 60.9 Å². The van der Waals surface area contributed by atoms with Gasteiger partial charge in [-0.25, -0.2) is 4.79 Å². The van der Waals surface area contributed by atoms with Gasteiger partial charge in [0.1, 0.15) is 12.6 Å². The van der Waals surface area contributed by atoms with Crippen LogP contribution in [0.5, 0.6) is 0 Å². The molecule has 8 heteroatoms. The highest BCUT2D eigenvalue weighted by Crippen LogP contribution is 2.29. The summed E-state index contributed by atoms with van der Waals surface area (Å²) in [6.45, 7) is 4.44. The van der Waals surface area contributed by atoms with E-state index in [4.69, 9.17) is 10.5 Å². The number of nitrogens with one attached hydrogen (secondary N) is 2. The van der Waals surface area contributed by atoms with Gasteiger partial charge in [0.25, 0.3) is 0 Å². The summed E-state index contributed by atoms with van der Waals surface area (Å²) in [7, 11) is 0. The molecule has 3 aromatic rings. The first kappa shape index (κ1) is 20.6. The van der Waals surface area contributed by atoms with Crippen molar-refractivity contribution in [3.8, 4) is 11.1 Å². The van der Waals surface area contributed by atoms with Gasteiger partial charge in [-0.15, -0.1) is 0 Å². The van der Waals surface area contributed by atoms with E-state index >= 15 is 0 Å². The van der Waals surface area contributed by atoms with Crippen LogP contribution < -0.4 is 16.0 Å². The molecule has 1 aromatic heterocycles. The summed E-state index contributed by atoms with van der Waals surface area (Å²) in [5, 5.41) is 9.56. The van der Waals surface area contributed by atoms with Crippen LogP contribution in [-0.2, 0) is 9.53 Å². The zero-order valence-corrected chi connectivity index (χ0v) is 17.4. The third-order valence-corrected chi connectivity index (χ3v) is 5.45. The fourth-order valence-electron chi connectivity index (χ4n) is 3.62. The van der Waals surface area contributed by atoms with Crippen molar-refractivity contribution in [2.75, 3.05) is 16.8 Å². The Bertz CT molecular complexity index is 1060. The second-order valence-corrected chi connectivity index (χ2v) is 7.88. The highest BCUT2D eigenvalue weighted by molar-refractivity contribution is 5.97. The number of nitrogens with zero attached hydrogens (tertiary/aromatic N) is 2. The number of H-pyrrole nitrogens is 1.